The van der Waals surface area contributed by atoms with Gasteiger partial charge in [0.1, 0.15) is 17.0 Å². The molecule has 1 fully saturated rings. The number of carbonyl (C=O) groups is 2. The zero-order chi connectivity index (χ0) is 17.2. The van der Waals surface area contributed by atoms with Crippen LogP contribution in [0.3, 0.4) is 0 Å². The van der Waals surface area contributed by atoms with Crippen molar-refractivity contribution in [2.24, 2.45) is 0 Å². The quantitative estimate of drug-likeness (QED) is 0.944. The maximum absolute atomic E-state index is 12.9. The zero-order valence-electron chi connectivity index (χ0n) is 13.8. The predicted molar refractivity (Wildman–Crippen MR) is 91.1 cm³/mol. The Bertz CT molecular complexity index is 756. The van der Waals surface area contributed by atoms with Crippen LogP contribution in [-0.4, -0.2) is 35.3 Å². The number of nitrogens with zero attached hydrogens (tertiary/aromatic N) is 1. The lowest BCUT2D eigenvalue weighted by Crippen LogP contribution is -2.63. The van der Waals surface area contributed by atoms with Gasteiger partial charge in [-0.2, -0.15) is 0 Å². The Kier molecular flexibility index (Phi) is 4.25. The van der Waals surface area contributed by atoms with Crippen LogP contribution in [-0.2, 0) is 4.79 Å². The van der Waals surface area contributed by atoms with Crippen molar-refractivity contribution in [3.8, 4) is 11.5 Å². The number of carbonyl (C=O) groups excluding carboxylic acids is 2. The van der Waals surface area contributed by atoms with Crippen molar-refractivity contribution < 1.29 is 14.3 Å². The van der Waals surface area contributed by atoms with E-state index in [1.54, 1.807) is 43.0 Å². The van der Waals surface area contributed by atoms with Gasteiger partial charge < -0.3 is 15.0 Å². The summed E-state index contributed by atoms with van der Waals surface area (Å²) >= 11 is 0. The van der Waals surface area contributed by atoms with Crippen molar-refractivity contribution in [1.29, 1.82) is 0 Å². The summed E-state index contributed by atoms with van der Waals surface area (Å²) in [6, 6.07) is 16.4. The summed E-state index contributed by atoms with van der Waals surface area (Å²) in [5.74, 6) is 0.984. The number of benzene rings is 2. The molecule has 0 bridgehead atoms. The Morgan fingerprint density at radius 3 is 2.54 bits per heavy atom. The fourth-order valence-corrected chi connectivity index (χ4v) is 2.73. The summed E-state index contributed by atoms with van der Waals surface area (Å²) in [5.41, 5.74) is -0.364. The largest absolute Gasteiger partial charge is 0.457 e. The van der Waals surface area contributed by atoms with Crippen molar-refractivity contribution in [3.63, 3.8) is 0 Å². The van der Waals surface area contributed by atoms with E-state index in [2.05, 4.69) is 5.32 Å². The van der Waals surface area contributed by atoms with E-state index in [1.807, 2.05) is 30.3 Å². The molecule has 0 spiro atoms. The second kappa shape index (κ2) is 6.35. The monoisotopic (exact) mass is 324 g/mol. The molecule has 0 radical (unpaired) electrons. The molecule has 0 aliphatic carbocycles. The van der Waals surface area contributed by atoms with Gasteiger partial charge in [-0.25, -0.2) is 0 Å². The van der Waals surface area contributed by atoms with Gasteiger partial charge >= 0.3 is 0 Å². The highest BCUT2D eigenvalue weighted by Crippen LogP contribution is 2.25. The number of hydrogen-bond donors (Lipinski definition) is 1. The second-order valence-electron chi connectivity index (χ2n) is 6.21. The van der Waals surface area contributed by atoms with Crippen molar-refractivity contribution in [2.75, 3.05) is 13.1 Å². The smallest absolute Gasteiger partial charge is 0.254 e. The summed E-state index contributed by atoms with van der Waals surface area (Å²) in [6.45, 7) is 4.46. The number of ether oxygens (including phenoxy) is 1. The Hall–Kier alpha value is -2.82. The Morgan fingerprint density at radius 1 is 1.08 bits per heavy atom. The molecule has 1 heterocycles. The van der Waals surface area contributed by atoms with Crippen LogP contribution < -0.4 is 10.1 Å². The molecule has 1 aliphatic rings. The fraction of sp³-hybridized carbons (Fsp3) is 0.263. The number of hydrogen-bond acceptors (Lipinski definition) is 3. The van der Waals surface area contributed by atoms with Crippen LogP contribution in [0, 0.1) is 0 Å². The van der Waals surface area contributed by atoms with E-state index < -0.39 is 5.54 Å². The number of nitrogens with one attached hydrogen (secondary N) is 1. The summed E-state index contributed by atoms with van der Waals surface area (Å²) < 4.78 is 5.78. The molecule has 2 amide bonds. The predicted octanol–water partition coefficient (Wildman–Crippen LogP) is 2.83. The fourth-order valence-electron chi connectivity index (χ4n) is 2.73. The minimum atomic E-state index is -0.869. The normalized spacial score (nSPS) is 16.4. The van der Waals surface area contributed by atoms with Gasteiger partial charge in [-0.05, 0) is 44.2 Å². The molecule has 0 unspecified atom stereocenters. The van der Waals surface area contributed by atoms with Crippen molar-refractivity contribution in [3.05, 3.63) is 60.2 Å². The average molecular weight is 324 g/mol. The van der Waals surface area contributed by atoms with E-state index >= 15 is 0 Å². The third-order valence-electron chi connectivity index (χ3n) is 4.16. The third kappa shape index (κ3) is 3.11. The van der Waals surface area contributed by atoms with Gasteiger partial charge in [0, 0.05) is 18.7 Å². The van der Waals surface area contributed by atoms with Gasteiger partial charge in [-0.3, -0.25) is 9.59 Å². The lowest BCUT2D eigenvalue weighted by atomic mass is 9.97. The van der Waals surface area contributed by atoms with Crippen LogP contribution in [0.4, 0.5) is 0 Å². The van der Waals surface area contributed by atoms with Gasteiger partial charge in [0.05, 0.1) is 0 Å². The Morgan fingerprint density at radius 2 is 1.79 bits per heavy atom. The number of rotatable bonds is 3. The molecular weight excluding hydrogens is 304 g/mol. The van der Waals surface area contributed by atoms with Gasteiger partial charge in [0.2, 0.25) is 5.91 Å². The van der Waals surface area contributed by atoms with Gasteiger partial charge in [0.15, 0.2) is 0 Å². The maximum Gasteiger partial charge on any atom is 0.254 e. The first-order chi connectivity index (χ1) is 11.5. The highest BCUT2D eigenvalue weighted by atomic mass is 16.5. The lowest BCUT2D eigenvalue weighted by molar-refractivity contribution is -0.133. The molecule has 2 aromatic rings. The first-order valence-electron chi connectivity index (χ1n) is 7.92. The molecule has 3 rings (SSSR count). The number of para-hydroxylation sites is 1. The molecular formula is C19H20N2O3. The SMILES string of the molecule is CC1(C)C(=O)NCCN1C(=O)c1cccc(Oc2ccccc2)c1. The van der Waals surface area contributed by atoms with E-state index in [9.17, 15) is 9.59 Å². The number of piperazine rings is 1. The molecule has 0 atom stereocenters. The first-order valence-corrected chi connectivity index (χ1v) is 7.92. The van der Waals surface area contributed by atoms with Crippen LogP contribution in [0.5, 0.6) is 11.5 Å². The average Bonchev–Trinajstić information content (AvgIpc) is 2.58. The van der Waals surface area contributed by atoms with Gasteiger partial charge in [0.25, 0.3) is 5.91 Å². The van der Waals surface area contributed by atoms with Gasteiger partial charge in [-0.1, -0.05) is 24.3 Å². The topological polar surface area (TPSA) is 58.6 Å². The van der Waals surface area contributed by atoms with Crippen LogP contribution in [0.2, 0.25) is 0 Å². The van der Waals surface area contributed by atoms with Crippen molar-refractivity contribution >= 4 is 11.8 Å². The van der Waals surface area contributed by atoms with Crippen LogP contribution >= 0.6 is 0 Å². The molecule has 2 aromatic carbocycles. The van der Waals surface area contributed by atoms with E-state index in [-0.39, 0.29) is 11.8 Å². The first kappa shape index (κ1) is 16.1. The van der Waals surface area contributed by atoms with Crippen LogP contribution in [0.25, 0.3) is 0 Å². The molecule has 24 heavy (non-hydrogen) atoms. The van der Waals surface area contributed by atoms with Crippen LogP contribution in [0.15, 0.2) is 54.6 Å². The standard InChI is InChI=1S/C19H20N2O3/c1-19(2)18(23)20-11-12-21(19)17(22)14-7-6-10-16(13-14)24-15-8-4-3-5-9-15/h3-10,13H,11-12H2,1-2H3,(H,20,23). The van der Waals surface area contributed by atoms with Crippen molar-refractivity contribution in [1.82, 2.24) is 10.2 Å². The van der Waals surface area contributed by atoms with Gasteiger partial charge in [-0.15, -0.1) is 0 Å². The summed E-state index contributed by atoms with van der Waals surface area (Å²) in [4.78, 5) is 26.5. The Balaban J connectivity index is 1.83. The lowest BCUT2D eigenvalue weighted by Gasteiger charge is -2.41. The maximum atomic E-state index is 12.9. The molecule has 0 aromatic heterocycles. The summed E-state index contributed by atoms with van der Waals surface area (Å²) in [6.07, 6.45) is 0. The number of amides is 2. The zero-order valence-corrected chi connectivity index (χ0v) is 13.8. The second-order valence-corrected chi connectivity index (χ2v) is 6.21. The summed E-state index contributed by atoms with van der Waals surface area (Å²) in [5, 5.41) is 2.80. The Labute approximate surface area is 141 Å². The highest BCUT2D eigenvalue weighted by molar-refractivity contribution is 5.99. The molecule has 124 valence electrons. The molecule has 1 N–H and O–H groups in total. The third-order valence-corrected chi connectivity index (χ3v) is 4.16. The molecule has 1 saturated heterocycles. The molecule has 1 aliphatic heterocycles. The van der Waals surface area contributed by atoms with E-state index in [1.165, 1.54) is 0 Å². The van der Waals surface area contributed by atoms with E-state index in [0.717, 1.165) is 0 Å². The summed E-state index contributed by atoms with van der Waals surface area (Å²) in [7, 11) is 0. The minimum Gasteiger partial charge on any atom is -0.457 e. The molecule has 5 nitrogen and oxygen atoms in total. The van der Waals surface area contributed by atoms with Crippen LogP contribution in [0.1, 0.15) is 24.2 Å². The minimum absolute atomic E-state index is 0.140. The van der Waals surface area contributed by atoms with E-state index in [4.69, 9.17) is 4.74 Å². The van der Waals surface area contributed by atoms with Crippen molar-refractivity contribution in [2.45, 2.75) is 19.4 Å². The molecule has 5 heteroatoms. The highest BCUT2D eigenvalue weighted by Gasteiger charge is 2.40. The molecule has 0 saturated carbocycles. The van der Waals surface area contributed by atoms with E-state index in [0.29, 0.717) is 30.2 Å².